The van der Waals surface area contributed by atoms with Crippen LogP contribution in [-0.4, -0.2) is 30.6 Å². The topological polar surface area (TPSA) is 94.0 Å². The van der Waals surface area contributed by atoms with Gasteiger partial charge in [-0.15, -0.1) is 10.2 Å². The number of aromatic nitrogens is 4. The minimum Gasteiger partial charge on any atom is -0.508 e. The lowest BCUT2D eigenvalue weighted by molar-refractivity contribution is -0.143. The molecule has 0 saturated heterocycles. The summed E-state index contributed by atoms with van der Waals surface area (Å²) < 4.78 is 49.8. The van der Waals surface area contributed by atoms with Crippen molar-refractivity contribution in [1.82, 2.24) is 19.7 Å². The fraction of sp³-hybridized carbons (Fsp3) is 0.0833. The van der Waals surface area contributed by atoms with Crippen LogP contribution in [0.3, 0.4) is 0 Å². The number of pyridine rings is 1. The number of phenolic OH excluding ortho intramolecular Hbond substituents is 1. The summed E-state index contributed by atoms with van der Waals surface area (Å²) in [6.07, 6.45) is -2.05. The van der Waals surface area contributed by atoms with E-state index in [9.17, 15) is 23.1 Å². The predicted octanol–water partition coefficient (Wildman–Crippen LogP) is 6.40. The summed E-state index contributed by atoms with van der Waals surface area (Å²) in [7, 11) is 0. The number of carbonyl (C=O) groups excluding carboxylic acids is 1. The van der Waals surface area contributed by atoms with E-state index < -0.39 is 29.1 Å². The van der Waals surface area contributed by atoms with E-state index in [2.05, 4.69) is 15.2 Å². The maximum atomic E-state index is 14.5. The molecule has 1 N–H and O–H groups in total. The molecule has 0 aliphatic carbocycles. The third kappa shape index (κ3) is 4.29. The molecule has 0 atom stereocenters. The number of ketones is 1. The van der Waals surface area contributed by atoms with Gasteiger partial charge in [0.05, 0.1) is 5.56 Å². The Hall–Kier alpha value is -3.89. The number of alkyl halides is 3. The molecule has 7 nitrogen and oxygen atoms in total. The Balaban J connectivity index is 1.71. The van der Waals surface area contributed by atoms with Crippen LogP contribution in [0.25, 0.3) is 22.4 Å². The SMILES string of the molecule is O=C(c1nnc(-c2ccncc2)o1)c1c(C(F)(F)F)n(Cc2ccc(Cl)cc2Cl)c2ccc(O)cc12. The second-order valence-electron chi connectivity index (χ2n) is 7.72. The number of hydrogen-bond donors (Lipinski definition) is 1. The molecular weight excluding hydrogens is 520 g/mol. The van der Waals surface area contributed by atoms with Crippen LogP contribution in [0, 0.1) is 0 Å². The Kier molecular flexibility index (Phi) is 5.93. The standard InChI is InChI=1S/C24H13Cl2F3N4O3/c25-14-2-1-13(17(26)9-14)11-33-18-4-3-15(34)10-16(18)19(21(33)24(27,28)29)20(35)23-32-31-22(36-23)12-5-7-30-8-6-12/h1-10,34H,11H2. The molecule has 0 amide bonds. The number of fused-ring (bicyclic) bond motifs is 1. The van der Waals surface area contributed by atoms with E-state index in [0.717, 1.165) is 10.6 Å². The van der Waals surface area contributed by atoms with Gasteiger partial charge < -0.3 is 14.1 Å². The molecule has 12 heteroatoms. The van der Waals surface area contributed by atoms with Gasteiger partial charge in [-0.3, -0.25) is 9.78 Å². The van der Waals surface area contributed by atoms with E-state index in [0.29, 0.717) is 16.1 Å². The van der Waals surface area contributed by atoms with Gasteiger partial charge in [0.1, 0.15) is 11.4 Å². The molecule has 0 aliphatic rings. The first kappa shape index (κ1) is 23.8. The zero-order valence-electron chi connectivity index (χ0n) is 17.9. The van der Waals surface area contributed by atoms with E-state index >= 15 is 0 Å². The third-order valence-corrected chi connectivity index (χ3v) is 6.02. The summed E-state index contributed by atoms with van der Waals surface area (Å²) in [6.45, 7) is -0.328. The number of phenols is 1. The van der Waals surface area contributed by atoms with Gasteiger partial charge in [0, 0.05) is 45.5 Å². The van der Waals surface area contributed by atoms with Gasteiger partial charge in [-0.25, -0.2) is 0 Å². The lowest BCUT2D eigenvalue weighted by Gasteiger charge is -2.15. The smallest absolute Gasteiger partial charge is 0.432 e. The summed E-state index contributed by atoms with van der Waals surface area (Å²) in [5.74, 6) is -2.17. The fourth-order valence-corrected chi connectivity index (χ4v) is 4.35. The molecule has 36 heavy (non-hydrogen) atoms. The lowest BCUT2D eigenvalue weighted by Crippen LogP contribution is -2.19. The molecule has 2 aromatic carbocycles. The molecule has 5 rings (SSSR count). The van der Waals surface area contributed by atoms with Crippen molar-refractivity contribution in [2.24, 2.45) is 0 Å². The molecular formula is C24H13Cl2F3N4O3. The van der Waals surface area contributed by atoms with Crippen molar-refractivity contribution in [2.75, 3.05) is 0 Å². The molecule has 0 spiro atoms. The monoisotopic (exact) mass is 532 g/mol. The minimum absolute atomic E-state index is 0.0448. The largest absolute Gasteiger partial charge is 0.508 e. The highest BCUT2D eigenvalue weighted by Crippen LogP contribution is 2.41. The molecule has 0 fully saturated rings. The Bertz CT molecular complexity index is 1610. The van der Waals surface area contributed by atoms with Gasteiger partial charge in [0.25, 0.3) is 11.7 Å². The lowest BCUT2D eigenvalue weighted by atomic mass is 10.1. The fourth-order valence-electron chi connectivity index (χ4n) is 3.88. The van der Waals surface area contributed by atoms with Crippen molar-refractivity contribution < 1.29 is 27.5 Å². The van der Waals surface area contributed by atoms with Crippen LogP contribution in [0.5, 0.6) is 5.75 Å². The van der Waals surface area contributed by atoms with E-state index in [1.54, 1.807) is 12.1 Å². The first-order valence-electron chi connectivity index (χ1n) is 10.3. The second-order valence-corrected chi connectivity index (χ2v) is 8.57. The highest BCUT2D eigenvalue weighted by atomic mass is 35.5. The van der Waals surface area contributed by atoms with Crippen LogP contribution in [0.1, 0.15) is 27.5 Å². The summed E-state index contributed by atoms with van der Waals surface area (Å²) in [5, 5.41) is 17.8. The van der Waals surface area contributed by atoms with E-state index in [1.165, 1.54) is 42.7 Å². The highest BCUT2D eigenvalue weighted by molar-refractivity contribution is 6.35. The Morgan fingerprint density at radius 3 is 2.47 bits per heavy atom. The summed E-state index contributed by atoms with van der Waals surface area (Å²) >= 11 is 12.2. The number of benzene rings is 2. The predicted molar refractivity (Wildman–Crippen MR) is 125 cm³/mol. The number of hydrogen-bond acceptors (Lipinski definition) is 6. The molecule has 0 radical (unpaired) electrons. The van der Waals surface area contributed by atoms with Gasteiger partial charge in [0.2, 0.25) is 5.89 Å². The summed E-state index contributed by atoms with van der Waals surface area (Å²) in [5.41, 5.74) is -1.16. The Labute approximate surface area is 210 Å². The van der Waals surface area contributed by atoms with Crippen LogP contribution < -0.4 is 0 Å². The van der Waals surface area contributed by atoms with Gasteiger partial charge in [0.15, 0.2) is 0 Å². The highest BCUT2D eigenvalue weighted by Gasteiger charge is 2.42. The normalized spacial score (nSPS) is 11.8. The zero-order valence-corrected chi connectivity index (χ0v) is 19.4. The number of rotatable bonds is 5. The van der Waals surface area contributed by atoms with Crippen LogP contribution in [0.2, 0.25) is 10.0 Å². The molecule has 0 aliphatic heterocycles. The van der Waals surface area contributed by atoms with E-state index in [4.69, 9.17) is 27.6 Å². The van der Waals surface area contributed by atoms with Crippen molar-refractivity contribution in [3.8, 4) is 17.2 Å². The Morgan fingerprint density at radius 2 is 1.78 bits per heavy atom. The number of carbonyl (C=O) groups is 1. The molecule has 3 heterocycles. The van der Waals surface area contributed by atoms with Crippen molar-refractivity contribution in [3.63, 3.8) is 0 Å². The molecule has 0 saturated carbocycles. The van der Waals surface area contributed by atoms with Crippen molar-refractivity contribution in [3.05, 3.63) is 93.7 Å². The van der Waals surface area contributed by atoms with Crippen molar-refractivity contribution in [2.45, 2.75) is 12.7 Å². The summed E-state index contributed by atoms with van der Waals surface area (Å²) in [6, 6.07) is 11.1. The van der Waals surface area contributed by atoms with Gasteiger partial charge in [-0.1, -0.05) is 29.3 Å². The molecule has 0 bridgehead atoms. The number of aromatic hydroxyl groups is 1. The average molecular weight is 533 g/mol. The maximum absolute atomic E-state index is 14.5. The van der Waals surface area contributed by atoms with Crippen LogP contribution >= 0.6 is 23.2 Å². The van der Waals surface area contributed by atoms with Gasteiger partial charge in [-0.2, -0.15) is 13.2 Å². The molecule has 0 unspecified atom stereocenters. The van der Waals surface area contributed by atoms with E-state index in [1.807, 2.05) is 0 Å². The quantitative estimate of drug-likeness (QED) is 0.263. The first-order valence-corrected chi connectivity index (χ1v) is 11.0. The van der Waals surface area contributed by atoms with E-state index in [-0.39, 0.29) is 34.1 Å². The maximum Gasteiger partial charge on any atom is 0.432 e. The van der Waals surface area contributed by atoms with Crippen molar-refractivity contribution in [1.29, 1.82) is 0 Å². The number of nitrogens with zero attached hydrogens (tertiary/aromatic N) is 4. The Morgan fingerprint density at radius 1 is 1.03 bits per heavy atom. The second kappa shape index (κ2) is 8.96. The zero-order chi connectivity index (χ0) is 25.6. The van der Waals surface area contributed by atoms with Crippen LogP contribution in [0.4, 0.5) is 13.2 Å². The molecule has 5 aromatic rings. The first-order chi connectivity index (χ1) is 17.1. The van der Waals surface area contributed by atoms with Crippen molar-refractivity contribution >= 4 is 39.9 Å². The average Bonchev–Trinajstić information content (AvgIpc) is 3.44. The molecule has 182 valence electrons. The third-order valence-electron chi connectivity index (χ3n) is 5.43. The van der Waals surface area contributed by atoms with Gasteiger partial charge in [-0.05, 0) is 48.0 Å². The minimum atomic E-state index is -4.97. The van der Waals surface area contributed by atoms with Gasteiger partial charge >= 0.3 is 6.18 Å². The summed E-state index contributed by atoms with van der Waals surface area (Å²) in [4.78, 5) is 17.3. The van der Waals surface area contributed by atoms with Crippen LogP contribution in [-0.2, 0) is 12.7 Å². The van der Waals surface area contributed by atoms with Crippen LogP contribution in [0.15, 0.2) is 65.3 Å². The number of halogens is 5. The molecule has 3 aromatic heterocycles.